The van der Waals surface area contributed by atoms with Crippen LogP contribution < -0.4 is 0 Å². The van der Waals surface area contributed by atoms with Crippen LogP contribution >= 0.6 is 0 Å². The zero-order valence-corrected chi connectivity index (χ0v) is 38.4. The van der Waals surface area contributed by atoms with E-state index in [1.165, 1.54) is 43.4 Å². The van der Waals surface area contributed by atoms with Gasteiger partial charge in [-0.1, -0.05) is 182 Å². The van der Waals surface area contributed by atoms with Crippen molar-refractivity contribution in [2.75, 3.05) is 0 Å². The van der Waals surface area contributed by atoms with Crippen molar-refractivity contribution in [2.24, 2.45) is 9.98 Å². The van der Waals surface area contributed by atoms with Gasteiger partial charge in [0.15, 0.2) is 5.84 Å². The fourth-order valence-corrected chi connectivity index (χ4v) is 11.0. The summed E-state index contributed by atoms with van der Waals surface area (Å²) in [5, 5.41) is 11.7. The lowest BCUT2D eigenvalue weighted by atomic mass is 9.94. The summed E-state index contributed by atoms with van der Waals surface area (Å²) >= 11 is 0. The highest BCUT2D eigenvalue weighted by Gasteiger charge is 2.27. The number of amidine groups is 1. The second-order valence-corrected chi connectivity index (χ2v) is 18.6. The third-order valence-electron chi connectivity index (χ3n) is 14.3. The zero-order valence-electron chi connectivity index (χ0n) is 38.4. The van der Waals surface area contributed by atoms with Gasteiger partial charge in [0.2, 0.25) is 0 Å². The van der Waals surface area contributed by atoms with Crippen LogP contribution in [0, 0.1) is 0 Å². The van der Waals surface area contributed by atoms with Crippen molar-refractivity contribution in [3.8, 4) is 27.9 Å². The van der Waals surface area contributed by atoms with Crippen molar-refractivity contribution >= 4 is 93.3 Å². The number of benzene rings is 11. The van der Waals surface area contributed by atoms with Gasteiger partial charge in [0.25, 0.3) is 0 Å². The molecule has 0 saturated carbocycles. The SMILES string of the molecule is CC1=C(c2cccc(-c3ccccc3)c2)N=C(c2ccc(-c3ccccc3)cc2)N=C(c2ccc3oc4cc5ccccc5cc4c3c2-n2c3cc4ccccc4cc3c3c4ccccc4ccc32)C1. The van der Waals surface area contributed by atoms with Crippen LogP contribution in [0.4, 0.5) is 0 Å². The maximum Gasteiger partial charge on any atom is 0.160 e. The van der Waals surface area contributed by atoms with Gasteiger partial charge in [0.05, 0.1) is 33.5 Å². The Balaban J connectivity index is 1.08. The van der Waals surface area contributed by atoms with Crippen LogP contribution in [0.3, 0.4) is 0 Å². The smallest absolute Gasteiger partial charge is 0.160 e. The Kier molecular flexibility index (Phi) is 9.15. The molecule has 1 aliphatic heterocycles. The van der Waals surface area contributed by atoms with E-state index in [0.717, 1.165) is 94.2 Å². The second kappa shape index (κ2) is 16.0. The largest absolute Gasteiger partial charge is 0.456 e. The van der Waals surface area contributed by atoms with E-state index < -0.39 is 0 Å². The van der Waals surface area contributed by atoms with Gasteiger partial charge in [-0.15, -0.1) is 0 Å². The molecular weight excluding hydrogens is 851 g/mol. The van der Waals surface area contributed by atoms with Gasteiger partial charge in [-0.25, -0.2) is 9.98 Å². The van der Waals surface area contributed by atoms with Gasteiger partial charge in [-0.2, -0.15) is 0 Å². The van der Waals surface area contributed by atoms with E-state index in [0.29, 0.717) is 12.3 Å². The van der Waals surface area contributed by atoms with Crippen molar-refractivity contribution in [1.82, 2.24) is 4.57 Å². The van der Waals surface area contributed by atoms with Crippen LogP contribution in [0.15, 0.2) is 250 Å². The van der Waals surface area contributed by atoms with E-state index >= 15 is 0 Å². The first kappa shape index (κ1) is 40.0. The van der Waals surface area contributed by atoms with Crippen molar-refractivity contribution in [1.29, 1.82) is 0 Å². The monoisotopic (exact) mass is 893 g/mol. The summed E-state index contributed by atoms with van der Waals surface area (Å²) in [6.07, 6.45) is 0.570. The van der Waals surface area contributed by atoms with Crippen molar-refractivity contribution in [3.05, 3.63) is 253 Å². The molecule has 4 nitrogen and oxygen atoms in total. The van der Waals surface area contributed by atoms with Gasteiger partial charge >= 0.3 is 0 Å². The molecule has 14 rings (SSSR count). The number of rotatable bonds is 6. The molecule has 70 heavy (non-hydrogen) atoms. The molecule has 0 aliphatic carbocycles. The average molecular weight is 894 g/mol. The van der Waals surface area contributed by atoms with Crippen LogP contribution in [-0.2, 0) is 0 Å². The Morgan fingerprint density at radius 3 is 1.71 bits per heavy atom. The van der Waals surface area contributed by atoms with Gasteiger partial charge in [0, 0.05) is 39.3 Å². The summed E-state index contributed by atoms with van der Waals surface area (Å²) in [4.78, 5) is 11.3. The standard InChI is InChI=1S/C66H43N3O/c1-41-35-57(67-66(46-29-27-44(28-30-46)42-15-4-2-5-16-42)68-64(41)52-25-14-24-47(36-52)43-17-6-3-7-18-43)54-32-34-60-63(56-38-49-21-9-11-23-51(49)40-61(56)70-60)65(54)69-58-33-31-45-19-12-13-26-53(45)62(58)55-37-48-20-8-10-22-50(48)39-59(55)69/h2-34,36-40H,35H2,1H3. The molecule has 0 bridgehead atoms. The van der Waals surface area contributed by atoms with Gasteiger partial charge in [-0.05, 0) is 116 Å². The van der Waals surface area contributed by atoms with Crippen LogP contribution in [-0.4, -0.2) is 16.1 Å². The maximum absolute atomic E-state index is 6.93. The van der Waals surface area contributed by atoms with Crippen LogP contribution in [0.2, 0.25) is 0 Å². The first-order valence-corrected chi connectivity index (χ1v) is 24.0. The van der Waals surface area contributed by atoms with E-state index in [2.05, 4.69) is 242 Å². The molecule has 0 saturated heterocycles. The first-order valence-electron chi connectivity index (χ1n) is 24.0. The Morgan fingerprint density at radius 1 is 0.386 bits per heavy atom. The molecule has 0 atom stereocenters. The van der Waals surface area contributed by atoms with E-state index in [1.54, 1.807) is 0 Å². The summed E-state index contributed by atoms with van der Waals surface area (Å²) in [5.41, 5.74) is 15.6. The second-order valence-electron chi connectivity index (χ2n) is 18.6. The fraction of sp³-hybridized carbons (Fsp3) is 0.0303. The number of fused-ring (bicyclic) bond motifs is 10. The zero-order chi connectivity index (χ0) is 46.3. The fourth-order valence-electron chi connectivity index (χ4n) is 11.0. The molecule has 328 valence electrons. The predicted octanol–water partition coefficient (Wildman–Crippen LogP) is 17.5. The summed E-state index contributed by atoms with van der Waals surface area (Å²) in [7, 11) is 0. The van der Waals surface area contributed by atoms with Crippen molar-refractivity contribution < 1.29 is 4.42 Å². The lowest BCUT2D eigenvalue weighted by Crippen LogP contribution is -2.11. The van der Waals surface area contributed by atoms with E-state index in [1.807, 2.05) is 0 Å². The summed E-state index contributed by atoms with van der Waals surface area (Å²) in [6, 6.07) is 82.8. The Labute approximate surface area is 404 Å². The molecule has 1 aliphatic rings. The quantitative estimate of drug-likeness (QED) is 0.164. The number of hydrogen-bond donors (Lipinski definition) is 0. The molecule has 3 heterocycles. The van der Waals surface area contributed by atoms with Crippen LogP contribution in [0.1, 0.15) is 30.0 Å². The number of furan rings is 1. The minimum atomic E-state index is 0.570. The molecule has 0 spiro atoms. The average Bonchev–Trinajstić information content (AvgIpc) is 3.88. The van der Waals surface area contributed by atoms with Gasteiger partial charge in [0.1, 0.15) is 11.2 Å². The Bertz CT molecular complexity index is 4360. The highest BCUT2D eigenvalue weighted by molar-refractivity contribution is 6.27. The summed E-state index contributed by atoms with van der Waals surface area (Å²) in [5.74, 6) is 0.667. The molecule has 4 heteroatoms. The molecule has 0 radical (unpaired) electrons. The maximum atomic E-state index is 6.93. The number of allylic oxidation sites excluding steroid dienone is 1. The third kappa shape index (κ3) is 6.52. The summed E-state index contributed by atoms with van der Waals surface area (Å²) < 4.78 is 9.43. The number of aromatic nitrogens is 1. The number of hydrogen-bond acceptors (Lipinski definition) is 3. The molecule has 0 amide bonds. The van der Waals surface area contributed by atoms with Crippen LogP contribution in [0.5, 0.6) is 0 Å². The molecule has 0 N–H and O–H groups in total. The van der Waals surface area contributed by atoms with Crippen LogP contribution in [0.25, 0.3) is 110 Å². The molecule has 0 fully saturated rings. The minimum Gasteiger partial charge on any atom is -0.456 e. The highest BCUT2D eigenvalue weighted by Crippen LogP contribution is 2.45. The normalized spacial score (nSPS) is 13.3. The highest BCUT2D eigenvalue weighted by atomic mass is 16.3. The predicted molar refractivity (Wildman–Crippen MR) is 295 cm³/mol. The van der Waals surface area contributed by atoms with Crippen molar-refractivity contribution in [3.63, 3.8) is 0 Å². The van der Waals surface area contributed by atoms with E-state index in [-0.39, 0.29) is 0 Å². The number of aliphatic imine (C=N–C) groups is 2. The van der Waals surface area contributed by atoms with Gasteiger partial charge in [-0.3, -0.25) is 0 Å². The summed E-state index contributed by atoms with van der Waals surface area (Å²) in [6.45, 7) is 2.22. The Hall–Kier alpha value is -9.12. The molecule has 2 aromatic heterocycles. The Morgan fingerprint density at radius 2 is 0.971 bits per heavy atom. The third-order valence-corrected chi connectivity index (χ3v) is 14.3. The topological polar surface area (TPSA) is 42.8 Å². The molecule has 11 aromatic carbocycles. The van der Waals surface area contributed by atoms with E-state index in [9.17, 15) is 0 Å². The lowest BCUT2D eigenvalue weighted by Gasteiger charge is -2.18. The first-order chi connectivity index (χ1) is 34.6. The van der Waals surface area contributed by atoms with Crippen molar-refractivity contribution in [2.45, 2.75) is 13.3 Å². The molecule has 0 unspecified atom stereocenters. The molecule has 13 aromatic rings. The lowest BCUT2D eigenvalue weighted by molar-refractivity contribution is 0.669. The number of nitrogens with zero attached hydrogens (tertiary/aromatic N) is 3. The minimum absolute atomic E-state index is 0.570. The van der Waals surface area contributed by atoms with E-state index in [4.69, 9.17) is 14.4 Å². The van der Waals surface area contributed by atoms with Gasteiger partial charge < -0.3 is 8.98 Å². The molecular formula is C66H43N3O.